The van der Waals surface area contributed by atoms with Gasteiger partial charge >= 0.3 is 0 Å². The third-order valence-electron chi connectivity index (χ3n) is 3.30. The molecular weight excluding hydrogens is 264 g/mol. The molecule has 0 radical (unpaired) electrons. The van der Waals surface area contributed by atoms with Crippen LogP contribution in [0.4, 0.5) is 5.95 Å². The number of hydrogen-bond acceptors (Lipinski definition) is 5. The molecule has 0 spiro atoms. The number of furan rings is 1. The van der Waals surface area contributed by atoms with Crippen LogP contribution < -0.4 is 10.2 Å². The van der Waals surface area contributed by atoms with Crippen LogP contribution in [0.5, 0.6) is 0 Å². The van der Waals surface area contributed by atoms with Gasteiger partial charge in [0.05, 0.1) is 6.54 Å². The van der Waals surface area contributed by atoms with Crippen molar-refractivity contribution < 1.29 is 4.42 Å². The summed E-state index contributed by atoms with van der Waals surface area (Å²) in [6, 6.07) is 4.41. The summed E-state index contributed by atoms with van der Waals surface area (Å²) < 4.78 is 5.59. The molecule has 114 valence electrons. The van der Waals surface area contributed by atoms with Crippen LogP contribution in [-0.2, 0) is 13.1 Å². The zero-order valence-electron chi connectivity index (χ0n) is 13.5. The van der Waals surface area contributed by atoms with E-state index in [2.05, 4.69) is 29.1 Å². The molecule has 5 heteroatoms. The Kier molecular flexibility index (Phi) is 4.96. The molecule has 0 bridgehead atoms. The van der Waals surface area contributed by atoms with Gasteiger partial charge in [0, 0.05) is 37.1 Å². The van der Waals surface area contributed by atoms with Crippen LogP contribution in [0.25, 0.3) is 0 Å². The van der Waals surface area contributed by atoms with E-state index in [9.17, 15) is 0 Å². The number of rotatable bonds is 6. The Morgan fingerprint density at radius 2 is 2.05 bits per heavy atom. The highest BCUT2D eigenvalue weighted by atomic mass is 16.3. The van der Waals surface area contributed by atoms with Gasteiger partial charge in [0.15, 0.2) is 0 Å². The Bertz CT molecular complexity index is 592. The molecule has 0 atom stereocenters. The molecule has 0 amide bonds. The minimum Gasteiger partial charge on any atom is -0.464 e. The summed E-state index contributed by atoms with van der Waals surface area (Å²) in [6.07, 6.45) is 1.90. The van der Waals surface area contributed by atoms with Crippen LogP contribution in [0.3, 0.4) is 0 Å². The number of aryl methyl sites for hydroxylation is 2. The van der Waals surface area contributed by atoms with Crippen molar-refractivity contribution in [3.05, 3.63) is 41.1 Å². The first kappa shape index (κ1) is 15.5. The largest absolute Gasteiger partial charge is 0.464 e. The lowest BCUT2D eigenvalue weighted by atomic mass is 10.2. The average molecular weight is 288 g/mol. The first-order chi connectivity index (χ1) is 9.95. The number of nitrogens with zero attached hydrogens (tertiary/aromatic N) is 3. The van der Waals surface area contributed by atoms with E-state index in [1.807, 2.05) is 44.1 Å². The Hall–Kier alpha value is -1.88. The lowest BCUT2D eigenvalue weighted by Gasteiger charge is -2.17. The fourth-order valence-electron chi connectivity index (χ4n) is 2.03. The first-order valence-electron chi connectivity index (χ1n) is 7.28. The molecule has 0 aliphatic rings. The van der Waals surface area contributed by atoms with E-state index in [4.69, 9.17) is 4.42 Å². The first-order valence-corrected chi connectivity index (χ1v) is 7.28. The minimum absolute atomic E-state index is 0.453. The molecular formula is C16H24N4O. The van der Waals surface area contributed by atoms with E-state index in [0.29, 0.717) is 12.6 Å². The molecule has 5 nitrogen and oxygen atoms in total. The van der Waals surface area contributed by atoms with Gasteiger partial charge in [-0.3, -0.25) is 0 Å². The van der Waals surface area contributed by atoms with Gasteiger partial charge in [-0.05, 0) is 26.0 Å². The smallest absolute Gasteiger partial charge is 0.225 e. The molecule has 1 N–H and O–H groups in total. The van der Waals surface area contributed by atoms with Crippen LogP contribution in [0.15, 0.2) is 22.7 Å². The molecule has 2 heterocycles. The van der Waals surface area contributed by atoms with Gasteiger partial charge in [0.2, 0.25) is 5.95 Å². The lowest BCUT2D eigenvalue weighted by Crippen LogP contribution is -2.24. The second-order valence-corrected chi connectivity index (χ2v) is 5.68. The van der Waals surface area contributed by atoms with Crippen molar-refractivity contribution in [2.45, 2.75) is 46.8 Å². The number of anilines is 1. The predicted octanol–water partition coefficient (Wildman–Crippen LogP) is 2.82. The molecule has 0 fully saturated rings. The van der Waals surface area contributed by atoms with Crippen LogP contribution in [0, 0.1) is 13.8 Å². The van der Waals surface area contributed by atoms with Crippen molar-refractivity contribution in [3.63, 3.8) is 0 Å². The maximum atomic E-state index is 5.59. The standard InChI is InChI=1S/C16H24N4O/c1-11(2)17-8-14-9-18-16(19-13(14)4)20(5)10-15-7-6-12(3)21-15/h6-7,9,11,17H,8,10H2,1-5H3. The zero-order chi connectivity index (χ0) is 15.4. The second-order valence-electron chi connectivity index (χ2n) is 5.68. The van der Waals surface area contributed by atoms with Crippen molar-refractivity contribution in [3.8, 4) is 0 Å². The van der Waals surface area contributed by atoms with E-state index < -0.39 is 0 Å². The topological polar surface area (TPSA) is 54.2 Å². The third kappa shape index (κ3) is 4.29. The highest BCUT2D eigenvalue weighted by Crippen LogP contribution is 2.14. The van der Waals surface area contributed by atoms with Gasteiger partial charge in [0.25, 0.3) is 0 Å². The van der Waals surface area contributed by atoms with Crippen molar-refractivity contribution in [1.82, 2.24) is 15.3 Å². The lowest BCUT2D eigenvalue weighted by molar-refractivity contribution is 0.480. The minimum atomic E-state index is 0.453. The summed E-state index contributed by atoms with van der Waals surface area (Å²) in [7, 11) is 1.97. The highest BCUT2D eigenvalue weighted by molar-refractivity contribution is 5.32. The molecule has 0 saturated heterocycles. The summed E-state index contributed by atoms with van der Waals surface area (Å²) in [5.41, 5.74) is 2.14. The van der Waals surface area contributed by atoms with E-state index in [0.717, 1.165) is 35.3 Å². The van der Waals surface area contributed by atoms with Crippen LogP contribution in [0.2, 0.25) is 0 Å². The van der Waals surface area contributed by atoms with Gasteiger partial charge in [-0.2, -0.15) is 0 Å². The van der Waals surface area contributed by atoms with Crippen LogP contribution in [-0.4, -0.2) is 23.1 Å². The fourth-order valence-corrected chi connectivity index (χ4v) is 2.03. The van der Waals surface area contributed by atoms with Gasteiger partial charge in [-0.25, -0.2) is 9.97 Å². The average Bonchev–Trinajstić information content (AvgIpc) is 2.82. The molecule has 0 unspecified atom stereocenters. The zero-order valence-corrected chi connectivity index (χ0v) is 13.5. The van der Waals surface area contributed by atoms with E-state index in [1.54, 1.807) is 0 Å². The second kappa shape index (κ2) is 6.72. The van der Waals surface area contributed by atoms with E-state index in [-0.39, 0.29) is 0 Å². The predicted molar refractivity (Wildman–Crippen MR) is 84.3 cm³/mol. The van der Waals surface area contributed by atoms with Crippen LogP contribution in [0.1, 0.15) is 36.6 Å². The molecule has 21 heavy (non-hydrogen) atoms. The molecule has 2 rings (SSSR count). The molecule has 0 aliphatic carbocycles. The fraction of sp³-hybridized carbons (Fsp3) is 0.500. The monoisotopic (exact) mass is 288 g/mol. The van der Waals surface area contributed by atoms with Gasteiger partial charge in [-0.15, -0.1) is 0 Å². The van der Waals surface area contributed by atoms with Crippen LogP contribution >= 0.6 is 0 Å². The quantitative estimate of drug-likeness (QED) is 0.886. The molecule has 0 aliphatic heterocycles. The van der Waals surface area contributed by atoms with Crippen molar-refractivity contribution in [2.24, 2.45) is 0 Å². The summed E-state index contributed by atoms with van der Waals surface area (Å²) in [4.78, 5) is 11.0. The Balaban J connectivity index is 2.04. The van der Waals surface area contributed by atoms with Gasteiger partial charge in [0.1, 0.15) is 11.5 Å². The van der Waals surface area contributed by atoms with E-state index in [1.165, 1.54) is 0 Å². The number of aromatic nitrogens is 2. The maximum Gasteiger partial charge on any atom is 0.225 e. The van der Waals surface area contributed by atoms with Gasteiger partial charge in [-0.1, -0.05) is 13.8 Å². The Morgan fingerprint density at radius 3 is 2.62 bits per heavy atom. The highest BCUT2D eigenvalue weighted by Gasteiger charge is 2.10. The van der Waals surface area contributed by atoms with Crippen molar-refractivity contribution in [2.75, 3.05) is 11.9 Å². The summed E-state index contributed by atoms with van der Waals surface area (Å²) in [5.74, 6) is 2.56. The Labute approximate surface area is 126 Å². The van der Waals surface area contributed by atoms with Gasteiger partial charge < -0.3 is 14.6 Å². The summed E-state index contributed by atoms with van der Waals surface area (Å²) >= 11 is 0. The third-order valence-corrected chi connectivity index (χ3v) is 3.30. The number of nitrogens with one attached hydrogen (secondary N) is 1. The Morgan fingerprint density at radius 1 is 1.29 bits per heavy atom. The molecule has 2 aromatic rings. The van der Waals surface area contributed by atoms with E-state index >= 15 is 0 Å². The molecule has 2 aromatic heterocycles. The molecule has 0 aromatic carbocycles. The number of hydrogen-bond donors (Lipinski definition) is 1. The van der Waals surface area contributed by atoms with Crippen molar-refractivity contribution in [1.29, 1.82) is 0 Å². The molecule has 0 saturated carbocycles. The maximum absolute atomic E-state index is 5.59. The normalized spacial score (nSPS) is 11.1. The SMILES string of the molecule is Cc1ccc(CN(C)c2ncc(CNC(C)C)c(C)n2)o1. The summed E-state index contributed by atoms with van der Waals surface area (Å²) in [6.45, 7) is 9.68. The van der Waals surface area contributed by atoms with Crippen molar-refractivity contribution >= 4 is 5.95 Å². The summed E-state index contributed by atoms with van der Waals surface area (Å²) in [5, 5.41) is 3.39.